The lowest BCUT2D eigenvalue weighted by Gasteiger charge is -2.44. The fourth-order valence-electron chi connectivity index (χ4n) is 4.94. The number of piperidine rings is 1. The maximum atomic E-state index is 13.0. The van der Waals surface area contributed by atoms with E-state index in [1.807, 2.05) is 0 Å². The van der Waals surface area contributed by atoms with Crippen LogP contribution in [0.2, 0.25) is 0 Å². The zero-order chi connectivity index (χ0) is 18.9. The highest BCUT2D eigenvalue weighted by Crippen LogP contribution is 2.40. The number of rotatable bonds is 6. The van der Waals surface area contributed by atoms with Crippen LogP contribution in [0.1, 0.15) is 68.1 Å². The minimum atomic E-state index is 0.298. The first-order valence-electron chi connectivity index (χ1n) is 10.7. The third kappa shape index (κ3) is 3.88. The maximum absolute atomic E-state index is 13.0. The molecule has 7 heteroatoms. The number of fused-ring (bicyclic) bond motifs is 1. The summed E-state index contributed by atoms with van der Waals surface area (Å²) in [5.74, 6) is 2.58. The van der Waals surface area contributed by atoms with Gasteiger partial charge in [-0.05, 0) is 55.9 Å². The first-order chi connectivity index (χ1) is 13.8. The van der Waals surface area contributed by atoms with Gasteiger partial charge >= 0.3 is 0 Å². The molecule has 3 heterocycles. The number of hydrogen-bond acceptors (Lipinski definition) is 5. The summed E-state index contributed by atoms with van der Waals surface area (Å²) in [6.45, 7) is 0.944. The van der Waals surface area contributed by atoms with E-state index in [1.54, 1.807) is 23.1 Å². The van der Waals surface area contributed by atoms with E-state index in [4.69, 9.17) is 0 Å². The summed E-state index contributed by atoms with van der Waals surface area (Å²) in [5.41, 5.74) is 0. The Kier molecular flexibility index (Phi) is 5.46. The molecule has 1 aliphatic heterocycles. The molecule has 2 aromatic rings. The van der Waals surface area contributed by atoms with Gasteiger partial charge in [-0.3, -0.25) is 4.79 Å². The highest BCUT2D eigenvalue weighted by atomic mass is 32.2. The Morgan fingerprint density at radius 2 is 2.00 bits per heavy atom. The first-order valence-corrected chi connectivity index (χ1v) is 12.5. The van der Waals surface area contributed by atoms with Gasteiger partial charge in [-0.15, -0.1) is 21.5 Å². The number of nitrogens with zero attached hydrogens (tertiary/aromatic N) is 4. The van der Waals surface area contributed by atoms with Crippen molar-refractivity contribution in [2.75, 3.05) is 12.3 Å². The van der Waals surface area contributed by atoms with Crippen LogP contribution in [-0.2, 0) is 11.2 Å². The zero-order valence-corrected chi connectivity index (χ0v) is 17.9. The molecule has 150 valence electrons. The predicted molar refractivity (Wildman–Crippen MR) is 113 cm³/mol. The van der Waals surface area contributed by atoms with Crippen molar-refractivity contribution >= 4 is 29.0 Å². The van der Waals surface area contributed by atoms with E-state index in [0.717, 1.165) is 29.9 Å². The molecule has 0 aromatic carbocycles. The van der Waals surface area contributed by atoms with Gasteiger partial charge in [-0.1, -0.05) is 30.7 Å². The molecule has 0 spiro atoms. The monoisotopic (exact) mass is 416 g/mol. The second kappa shape index (κ2) is 8.19. The molecule has 0 N–H and O–H groups in total. The van der Waals surface area contributed by atoms with Crippen LogP contribution >= 0.6 is 23.1 Å². The van der Waals surface area contributed by atoms with E-state index in [9.17, 15) is 4.79 Å². The predicted octanol–water partition coefficient (Wildman–Crippen LogP) is 4.54. The summed E-state index contributed by atoms with van der Waals surface area (Å²) in [4.78, 5) is 16.6. The molecule has 2 aromatic heterocycles. The number of hydrogen-bond donors (Lipinski definition) is 0. The minimum Gasteiger partial charge on any atom is -0.339 e. The fourth-order valence-corrected chi connectivity index (χ4v) is 6.55. The molecule has 1 saturated heterocycles. The molecule has 5 rings (SSSR count). The number of amides is 1. The van der Waals surface area contributed by atoms with E-state index >= 15 is 0 Å². The molecule has 0 unspecified atom stereocenters. The Balaban J connectivity index is 1.26. The van der Waals surface area contributed by atoms with Crippen LogP contribution in [0.25, 0.3) is 0 Å². The highest BCUT2D eigenvalue weighted by molar-refractivity contribution is 7.99. The van der Waals surface area contributed by atoms with Crippen LogP contribution in [0.5, 0.6) is 0 Å². The van der Waals surface area contributed by atoms with Crippen LogP contribution in [0.15, 0.2) is 22.7 Å². The van der Waals surface area contributed by atoms with Gasteiger partial charge in [-0.25, -0.2) is 0 Å². The topological polar surface area (TPSA) is 51.0 Å². The van der Waals surface area contributed by atoms with Gasteiger partial charge in [0.1, 0.15) is 5.82 Å². The third-order valence-corrected chi connectivity index (χ3v) is 8.25. The summed E-state index contributed by atoms with van der Waals surface area (Å²) >= 11 is 3.36. The Morgan fingerprint density at radius 1 is 1.14 bits per heavy atom. The summed E-state index contributed by atoms with van der Waals surface area (Å²) in [6.07, 6.45) is 10.8. The van der Waals surface area contributed by atoms with E-state index in [-0.39, 0.29) is 0 Å². The Morgan fingerprint density at radius 3 is 2.82 bits per heavy atom. The van der Waals surface area contributed by atoms with Gasteiger partial charge in [0, 0.05) is 29.9 Å². The molecule has 2 atom stereocenters. The van der Waals surface area contributed by atoms with E-state index in [2.05, 4.69) is 37.2 Å². The number of carbonyl (C=O) groups excluding carboxylic acids is 1. The molecule has 3 fully saturated rings. The Hall–Kier alpha value is -1.34. The number of aromatic nitrogens is 3. The zero-order valence-electron chi connectivity index (χ0n) is 16.3. The molecule has 2 saturated carbocycles. The molecule has 1 amide bonds. The summed E-state index contributed by atoms with van der Waals surface area (Å²) < 4.78 is 2.30. The largest absolute Gasteiger partial charge is 0.339 e. The standard InChI is InChI=1S/C21H28N4OS2/c26-20(24-11-3-6-15-5-1-2-8-18(15)24)14-28-21-23-22-19(25(21)16-9-10-16)13-17-7-4-12-27-17/h4,7,12,15-16,18H,1-3,5-6,8-11,13-14H2/t15-,18-/m1/s1. The molecule has 5 nitrogen and oxygen atoms in total. The number of likely N-dealkylation sites (tertiary alicyclic amines) is 1. The first kappa shape index (κ1) is 18.7. The van der Waals surface area contributed by atoms with Gasteiger partial charge in [0.2, 0.25) is 5.91 Å². The van der Waals surface area contributed by atoms with E-state index < -0.39 is 0 Å². The number of thioether (sulfide) groups is 1. The maximum Gasteiger partial charge on any atom is 0.233 e. The van der Waals surface area contributed by atoms with Crippen molar-refractivity contribution in [2.45, 2.75) is 75.0 Å². The van der Waals surface area contributed by atoms with Gasteiger partial charge in [0.15, 0.2) is 5.16 Å². The van der Waals surface area contributed by atoms with Crippen molar-refractivity contribution in [1.82, 2.24) is 19.7 Å². The van der Waals surface area contributed by atoms with Gasteiger partial charge in [0.05, 0.1) is 5.75 Å². The molecule has 0 bridgehead atoms. The minimum absolute atomic E-state index is 0.298. The van der Waals surface area contributed by atoms with Crippen molar-refractivity contribution in [1.29, 1.82) is 0 Å². The van der Waals surface area contributed by atoms with Crippen LogP contribution < -0.4 is 0 Å². The van der Waals surface area contributed by atoms with Crippen molar-refractivity contribution in [3.63, 3.8) is 0 Å². The molecule has 0 radical (unpaired) electrons. The van der Waals surface area contributed by atoms with Gasteiger partial charge < -0.3 is 9.47 Å². The normalized spacial score (nSPS) is 24.9. The van der Waals surface area contributed by atoms with Crippen molar-refractivity contribution in [2.24, 2.45) is 5.92 Å². The van der Waals surface area contributed by atoms with Gasteiger partial charge in [-0.2, -0.15) is 0 Å². The quantitative estimate of drug-likeness (QED) is 0.649. The van der Waals surface area contributed by atoms with Crippen LogP contribution in [0.3, 0.4) is 0 Å². The third-order valence-electron chi connectivity index (χ3n) is 6.45. The molecular formula is C21H28N4OS2. The van der Waals surface area contributed by atoms with Crippen molar-refractivity contribution in [3.05, 3.63) is 28.2 Å². The highest BCUT2D eigenvalue weighted by Gasteiger charge is 2.36. The average Bonchev–Trinajstić information content (AvgIpc) is 3.28. The van der Waals surface area contributed by atoms with Crippen molar-refractivity contribution in [3.8, 4) is 0 Å². The summed E-state index contributed by atoms with van der Waals surface area (Å²) in [5, 5.41) is 12.0. The average molecular weight is 417 g/mol. The lowest BCUT2D eigenvalue weighted by atomic mass is 9.78. The van der Waals surface area contributed by atoms with Crippen LogP contribution in [0, 0.1) is 5.92 Å². The summed E-state index contributed by atoms with van der Waals surface area (Å²) in [7, 11) is 0. The molecule has 2 aliphatic carbocycles. The Bertz CT molecular complexity index is 812. The number of thiophene rings is 1. The van der Waals surface area contributed by atoms with E-state index in [0.29, 0.717) is 23.7 Å². The van der Waals surface area contributed by atoms with E-state index in [1.165, 1.54) is 56.2 Å². The van der Waals surface area contributed by atoms with Crippen LogP contribution in [-0.4, -0.2) is 43.9 Å². The Labute approximate surface area is 174 Å². The SMILES string of the molecule is O=C(CSc1nnc(Cc2cccs2)n1C1CC1)N1CCC[C@H]2CCCC[C@H]21. The smallest absolute Gasteiger partial charge is 0.233 e. The second-order valence-electron chi connectivity index (χ2n) is 8.39. The van der Waals surface area contributed by atoms with Crippen molar-refractivity contribution < 1.29 is 4.79 Å². The molecule has 28 heavy (non-hydrogen) atoms. The van der Waals surface area contributed by atoms with Gasteiger partial charge in [0.25, 0.3) is 0 Å². The second-order valence-corrected chi connectivity index (χ2v) is 10.4. The summed E-state index contributed by atoms with van der Waals surface area (Å²) in [6, 6.07) is 5.26. The van der Waals surface area contributed by atoms with Crippen LogP contribution in [0.4, 0.5) is 0 Å². The lowest BCUT2D eigenvalue weighted by molar-refractivity contribution is -0.134. The number of carbonyl (C=O) groups is 1. The lowest BCUT2D eigenvalue weighted by Crippen LogP contribution is -2.50. The molecule has 3 aliphatic rings. The molecular weight excluding hydrogens is 388 g/mol. The fraction of sp³-hybridized carbons (Fsp3) is 0.667.